The van der Waals surface area contributed by atoms with E-state index in [1.165, 1.54) is 18.3 Å². The van der Waals surface area contributed by atoms with E-state index in [1.54, 1.807) is 36.4 Å². The predicted molar refractivity (Wildman–Crippen MR) is 113 cm³/mol. The van der Waals surface area contributed by atoms with Gasteiger partial charge in [0.05, 0.1) is 17.8 Å². The van der Waals surface area contributed by atoms with Crippen LogP contribution in [0.3, 0.4) is 0 Å². The summed E-state index contributed by atoms with van der Waals surface area (Å²) in [5, 5.41) is 8.86. The minimum absolute atomic E-state index is 0.0814. The third-order valence-electron chi connectivity index (χ3n) is 4.93. The van der Waals surface area contributed by atoms with Crippen LogP contribution in [0.2, 0.25) is 0 Å². The number of aromatic nitrogens is 1. The van der Waals surface area contributed by atoms with Crippen LogP contribution in [-0.4, -0.2) is 30.3 Å². The molecular formula is C22H18N4O5S. The minimum Gasteiger partial charge on any atom is -0.439 e. The van der Waals surface area contributed by atoms with Crippen molar-refractivity contribution in [2.45, 2.75) is 17.5 Å². The van der Waals surface area contributed by atoms with Gasteiger partial charge in [-0.25, -0.2) is 18.2 Å². The van der Waals surface area contributed by atoms with Crippen molar-refractivity contribution < 1.29 is 22.7 Å². The normalized spacial score (nSPS) is 15.9. The number of amides is 1. The molecule has 1 atom stereocenters. The lowest BCUT2D eigenvalue weighted by atomic mass is 10.00. The fourth-order valence-electron chi connectivity index (χ4n) is 3.42. The molecule has 0 spiro atoms. The maximum absolute atomic E-state index is 13.3. The van der Waals surface area contributed by atoms with Gasteiger partial charge in [0.2, 0.25) is 15.9 Å². The van der Waals surface area contributed by atoms with Crippen molar-refractivity contribution in [1.82, 2.24) is 9.29 Å². The molecule has 3 aromatic rings. The molecule has 32 heavy (non-hydrogen) atoms. The molecule has 2 N–H and O–H groups in total. The van der Waals surface area contributed by atoms with Crippen LogP contribution < -0.4 is 10.5 Å². The van der Waals surface area contributed by atoms with E-state index >= 15 is 0 Å². The number of carbonyl (C=O) groups is 1. The van der Waals surface area contributed by atoms with Gasteiger partial charge in [-0.3, -0.25) is 0 Å². The minimum atomic E-state index is -4.05. The third kappa shape index (κ3) is 4.25. The topological polar surface area (TPSA) is 136 Å². The average molecular weight is 450 g/mol. The number of nitriles is 1. The van der Waals surface area contributed by atoms with Crippen LogP contribution in [0.4, 0.5) is 4.79 Å². The fraction of sp³-hybridized carbons (Fsp3) is 0.136. The zero-order chi connectivity index (χ0) is 22.7. The smallest absolute Gasteiger partial charge is 0.406 e. The molecule has 1 aliphatic heterocycles. The summed E-state index contributed by atoms with van der Waals surface area (Å²) in [4.78, 5) is 15.5. The molecule has 9 nitrogen and oxygen atoms in total. The summed E-state index contributed by atoms with van der Waals surface area (Å²) >= 11 is 0. The van der Waals surface area contributed by atoms with Gasteiger partial charge < -0.3 is 15.2 Å². The monoisotopic (exact) mass is 450 g/mol. The van der Waals surface area contributed by atoms with Gasteiger partial charge in [-0.1, -0.05) is 24.3 Å². The second kappa shape index (κ2) is 8.66. The van der Waals surface area contributed by atoms with Crippen molar-refractivity contribution in [3.8, 4) is 17.7 Å². The summed E-state index contributed by atoms with van der Waals surface area (Å²) in [5.74, 6) is 0.636. The number of hydrogen-bond donors (Lipinski definition) is 1. The Bertz CT molecular complexity index is 1290. The van der Waals surface area contributed by atoms with Crippen LogP contribution in [0.25, 0.3) is 0 Å². The van der Waals surface area contributed by atoms with Gasteiger partial charge in [-0.15, -0.1) is 0 Å². The molecule has 2 heterocycles. The number of pyridine rings is 1. The molecule has 1 amide bonds. The molecule has 0 saturated carbocycles. The van der Waals surface area contributed by atoms with Gasteiger partial charge in [0.25, 0.3) is 0 Å². The molecule has 0 aliphatic carbocycles. The van der Waals surface area contributed by atoms with Crippen molar-refractivity contribution in [1.29, 1.82) is 5.26 Å². The number of sulfonamides is 1. The summed E-state index contributed by atoms with van der Waals surface area (Å²) in [6.07, 6.45) is -0.606. The molecule has 1 aliphatic rings. The Kier molecular flexibility index (Phi) is 5.77. The van der Waals surface area contributed by atoms with Gasteiger partial charge in [0.1, 0.15) is 10.6 Å². The van der Waals surface area contributed by atoms with Crippen LogP contribution in [-0.2, 0) is 21.2 Å². The Morgan fingerprint density at radius 3 is 2.53 bits per heavy atom. The Balaban J connectivity index is 1.59. The van der Waals surface area contributed by atoms with Gasteiger partial charge in [0, 0.05) is 18.2 Å². The molecule has 0 saturated heterocycles. The predicted octanol–water partition coefficient (Wildman–Crippen LogP) is 3.09. The fourth-order valence-corrected chi connectivity index (χ4v) is 4.85. The standard InChI is InChI=1S/C22H18N4O5S/c23-13-15-5-7-17(8-6-15)30-20-10-9-18(14-25-20)32(28,29)26-12-11-16-3-1-2-4-19(16)21(26)31-22(24)27/h1-10,14,21H,11-12H2,(H2,24,27). The molecule has 0 fully saturated rings. The summed E-state index contributed by atoms with van der Waals surface area (Å²) in [5.41, 5.74) is 7.14. The maximum Gasteiger partial charge on any atom is 0.406 e. The molecule has 4 rings (SSSR count). The molecule has 1 unspecified atom stereocenters. The highest BCUT2D eigenvalue weighted by atomic mass is 32.2. The van der Waals surface area contributed by atoms with Crippen LogP contribution in [0.5, 0.6) is 11.6 Å². The highest BCUT2D eigenvalue weighted by Gasteiger charge is 2.38. The number of fused-ring (bicyclic) bond motifs is 1. The van der Waals surface area contributed by atoms with Crippen molar-refractivity contribution in [3.63, 3.8) is 0 Å². The molecule has 1 aromatic heterocycles. The molecule has 162 valence electrons. The molecule has 0 bridgehead atoms. The molecular weight excluding hydrogens is 432 g/mol. The number of carbonyl (C=O) groups excluding carboxylic acids is 1. The zero-order valence-corrected chi connectivity index (χ0v) is 17.5. The van der Waals surface area contributed by atoms with Crippen molar-refractivity contribution >= 4 is 16.1 Å². The van der Waals surface area contributed by atoms with E-state index in [0.717, 1.165) is 9.87 Å². The number of hydrogen-bond acceptors (Lipinski definition) is 7. The Morgan fingerprint density at radius 2 is 1.88 bits per heavy atom. The first kappa shape index (κ1) is 21.3. The van der Waals surface area contributed by atoms with Crippen molar-refractivity contribution in [3.05, 3.63) is 83.6 Å². The number of nitrogens with two attached hydrogens (primary N) is 1. The Morgan fingerprint density at radius 1 is 1.12 bits per heavy atom. The largest absolute Gasteiger partial charge is 0.439 e. The molecule has 10 heteroatoms. The van der Waals surface area contributed by atoms with Crippen molar-refractivity contribution in [2.75, 3.05) is 6.54 Å². The van der Waals surface area contributed by atoms with Crippen LogP contribution in [0.1, 0.15) is 22.9 Å². The van der Waals surface area contributed by atoms with Gasteiger partial charge >= 0.3 is 6.09 Å². The van der Waals surface area contributed by atoms with Gasteiger partial charge in [0.15, 0.2) is 6.23 Å². The van der Waals surface area contributed by atoms with Gasteiger partial charge in [-0.2, -0.15) is 9.57 Å². The second-order valence-corrected chi connectivity index (χ2v) is 8.81. The number of ether oxygens (including phenoxy) is 2. The quantitative estimate of drug-likeness (QED) is 0.631. The highest BCUT2D eigenvalue weighted by molar-refractivity contribution is 7.89. The van der Waals surface area contributed by atoms with E-state index in [9.17, 15) is 13.2 Å². The van der Waals surface area contributed by atoms with E-state index < -0.39 is 22.3 Å². The van der Waals surface area contributed by atoms with E-state index in [2.05, 4.69) is 4.98 Å². The maximum atomic E-state index is 13.3. The summed E-state index contributed by atoms with van der Waals surface area (Å²) < 4.78 is 38.5. The molecule has 2 aromatic carbocycles. The zero-order valence-electron chi connectivity index (χ0n) is 16.7. The summed E-state index contributed by atoms with van der Waals surface area (Å²) in [6, 6.07) is 18.4. The number of benzene rings is 2. The average Bonchev–Trinajstić information content (AvgIpc) is 2.80. The highest BCUT2D eigenvalue weighted by Crippen LogP contribution is 2.35. The second-order valence-electron chi connectivity index (χ2n) is 6.92. The lowest BCUT2D eigenvalue weighted by Crippen LogP contribution is -2.42. The molecule has 0 radical (unpaired) electrons. The number of primary amides is 1. The first-order chi connectivity index (χ1) is 15.4. The van der Waals surface area contributed by atoms with E-state index in [0.29, 0.717) is 23.3 Å². The number of rotatable bonds is 5. The Hall–Kier alpha value is -3.94. The van der Waals surface area contributed by atoms with E-state index in [1.807, 2.05) is 18.2 Å². The first-order valence-corrected chi connectivity index (χ1v) is 11.0. The number of nitrogens with zero attached hydrogens (tertiary/aromatic N) is 3. The Labute approximate surface area is 184 Å². The van der Waals surface area contributed by atoms with E-state index in [4.69, 9.17) is 20.5 Å². The third-order valence-corrected chi connectivity index (χ3v) is 6.76. The summed E-state index contributed by atoms with van der Waals surface area (Å²) in [7, 11) is -4.05. The SMILES string of the molecule is N#Cc1ccc(Oc2ccc(S(=O)(=O)N3CCc4ccccc4C3OC(N)=O)cn2)cc1. The lowest BCUT2D eigenvalue weighted by Gasteiger charge is -2.34. The summed E-state index contributed by atoms with van der Waals surface area (Å²) in [6.45, 7) is 0.112. The van der Waals surface area contributed by atoms with Crippen LogP contribution in [0.15, 0.2) is 71.8 Å². The van der Waals surface area contributed by atoms with Crippen LogP contribution >= 0.6 is 0 Å². The first-order valence-electron chi connectivity index (χ1n) is 9.58. The van der Waals surface area contributed by atoms with Crippen molar-refractivity contribution in [2.24, 2.45) is 5.73 Å². The van der Waals surface area contributed by atoms with Crippen LogP contribution in [0, 0.1) is 11.3 Å². The van der Waals surface area contributed by atoms with Gasteiger partial charge in [-0.05, 0) is 42.3 Å². The van der Waals surface area contributed by atoms with E-state index in [-0.39, 0.29) is 17.3 Å². The lowest BCUT2D eigenvalue weighted by molar-refractivity contribution is 0.0295.